The van der Waals surface area contributed by atoms with Crippen molar-refractivity contribution < 1.29 is 4.79 Å². The third-order valence-electron chi connectivity index (χ3n) is 3.14. The van der Waals surface area contributed by atoms with Crippen LogP contribution in [0.25, 0.3) is 10.8 Å². The molecule has 0 heterocycles. The molecule has 1 atom stereocenters. The Hall–Kier alpha value is -2.03. The lowest BCUT2D eigenvalue weighted by molar-refractivity contribution is 0.248. The summed E-state index contributed by atoms with van der Waals surface area (Å²) < 4.78 is 0. The van der Waals surface area contributed by atoms with Crippen molar-refractivity contribution in [2.45, 2.75) is 32.7 Å². The summed E-state index contributed by atoms with van der Waals surface area (Å²) in [6.07, 6.45) is 2.05. The summed E-state index contributed by atoms with van der Waals surface area (Å²) >= 11 is 0. The fourth-order valence-electron chi connectivity index (χ4n) is 2.22. The van der Waals surface area contributed by atoms with Crippen LogP contribution < -0.4 is 10.6 Å². The van der Waals surface area contributed by atoms with Gasteiger partial charge in [-0.2, -0.15) is 0 Å². The summed E-state index contributed by atoms with van der Waals surface area (Å²) in [5.41, 5.74) is 0.847. The molecule has 0 fully saturated rings. The fourth-order valence-corrected chi connectivity index (χ4v) is 2.22. The Kier molecular flexibility index (Phi) is 4.39. The Morgan fingerprint density at radius 2 is 1.89 bits per heavy atom. The quantitative estimate of drug-likeness (QED) is 0.847. The largest absolute Gasteiger partial charge is 0.335 e. The fraction of sp³-hybridized carbons (Fsp3) is 0.312. The van der Waals surface area contributed by atoms with Gasteiger partial charge in [0.15, 0.2) is 0 Å². The van der Waals surface area contributed by atoms with Crippen molar-refractivity contribution in [2.24, 2.45) is 0 Å². The van der Waals surface area contributed by atoms with Crippen molar-refractivity contribution in [1.29, 1.82) is 0 Å². The van der Waals surface area contributed by atoms with Crippen molar-refractivity contribution >= 4 is 22.5 Å². The number of carbonyl (C=O) groups excluding carboxylic acids is 1. The predicted octanol–water partition coefficient (Wildman–Crippen LogP) is 4.15. The van der Waals surface area contributed by atoms with E-state index in [2.05, 4.69) is 17.6 Å². The number of fused-ring (bicyclic) bond motifs is 1. The standard InChI is InChI=1S/C16H20N2O/c1-3-7-12(2)17-16(19)18-15-11-6-9-13-8-4-5-10-14(13)15/h4-6,8-12H,3,7H2,1-2H3,(H2,17,18,19)/t12-/m0/s1. The van der Waals surface area contributed by atoms with Crippen LogP contribution in [0, 0.1) is 0 Å². The number of carbonyl (C=O) groups is 1. The van der Waals surface area contributed by atoms with Gasteiger partial charge >= 0.3 is 6.03 Å². The minimum Gasteiger partial charge on any atom is -0.335 e. The molecule has 2 rings (SSSR count). The number of amides is 2. The van der Waals surface area contributed by atoms with Crippen molar-refractivity contribution in [3.63, 3.8) is 0 Å². The highest BCUT2D eigenvalue weighted by molar-refractivity contribution is 6.01. The molecule has 2 N–H and O–H groups in total. The molecule has 0 radical (unpaired) electrons. The summed E-state index contributed by atoms with van der Waals surface area (Å²) in [5, 5.41) is 8.05. The van der Waals surface area contributed by atoms with Crippen molar-refractivity contribution in [1.82, 2.24) is 5.32 Å². The summed E-state index contributed by atoms with van der Waals surface area (Å²) in [6.45, 7) is 4.13. The molecule has 19 heavy (non-hydrogen) atoms. The van der Waals surface area contributed by atoms with Crippen LogP contribution >= 0.6 is 0 Å². The number of nitrogens with one attached hydrogen (secondary N) is 2. The van der Waals surface area contributed by atoms with Gasteiger partial charge in [-0.05, 0) is 24.8 Å². The second-order valence-electron chi connectivity index (χ2n) is 4.81. The van der Waals surface area contributed by atoms with Gasteiger partial charge in [0.2, 0.25) is 0 Å². The number of urea groups is 1. The van der Waals surface area contributed by atoms with Crippen LogP contribution in [0.4, 0.5) is 10.5 Å². The average molecular weight is 256 g/mol. The lowest BCUT2D eigenvalue weighted by Gasteiger charge is -2.14. The molecule has 3 nitrogen and oxygen atoms in total. The third kappa shape index (κ3) is 3.47. The van der Waals surface area contributed by atoms with Gasteiger partial charge in [0.25, 0.3) is 0 Å². The molecule has 0 aliphatic carbocycles. The van der Waals surface area contributed by atoms with Gasteiger partial charge in [0, 0.05) is 11.4 Å². The molecule has 0 aliphatic heterocycles. The number of benzene rings is 2. The van der Waals surface area contributed by atoms with Crippen molar-refractivity contribution in [3.05, 3.63) is 42.5 Å². The zero-order valence-electron chi connectivity index (χ0n) is 11.4. The van der Waals surface area contributed by atoms with E-state index < -0.39 is 0 Å². The second-order valence-corrected chi connectivity index (χ2v) is 4.81. The number of hydrogen-bond donors (Lipinski definition) is 2. The minimum absolute atomic E-state index is 0.141. The zero-order chi connectivity index (χ0) is 13.7. The van der Waals surface area contributed by atoms with E-state index in [1.54, 1.807) is 0 Å². The van der Waals surface area contributed by atoms with Crippen molar-refractivity contribution in [3.8, 4) is 0 Å². The minimum atomic E-state index is -0.141. The van der Waals surface area contributed by atoms with Gasteiger partial charge in [0.05, 0.1) is 5.69 Å². The Balaban J connectivity index is 2.11. The van der Waals surface area contributed by atoms with Gasteiger partial charge in [-0.15, -0.1) is 0 Å². The smallest absolute Gasteiger partial charge is 0.319 e. The molecule has 0 unspecified atom stereocenters. The summed E-state index contributed by atoms with van der Waals surface area (Å²) in [5.74, 6) is 0. The van der Waals surface area contributed by atoms with Crippen LogP contribution in [-0.2, 0) is 0 Å². The van der Waals surface area contributed by atoms with E-state index in [1.165, 1.54) is 0 Å². The van der Waals surface area contributed by atoms with Crippen LogP contribution in [0.5, 0.6) is 0 Å². The lowest BCUT2D eigenvalue weighted by atomic mass is 10.1. The normalized spacial score (nSPS) is 12.1. The number of anilines is 1. The maximum Gasteiger partial charge on any atom is 0.319 e. The highest BCUT2D eigenvalue weighted by Gasteiger charge is 2.08. The number of hydrogen-bond acceptors (Lipinski definition) is 1. The van der Waals surface area contributed by atoms with E-state index in [0.29, 0.717) is 0 Å². The Morgan fingerprint density at radius 1 is 1.16 bits per heavy atom. The van der Waals surface area contributed by atoms with E-state index in [1.807, 2.05) is 49.4 Å². The number of rotatable bonds is 4. The molecule has 0 aliphatic rings. The monoisotopic (exact) mass is 256 g/mol. The van der Waals surface area contributed by atoms with Crippen LogP contribution in [0.3, 0.4) is 0 Å². The molecule has 2 aromatic rings. The Labute approximate surface area is 114 Å². The van der Waals surface area contributed by atoms with Gasteiger partial charge in [-0.1, -0.05) is 49.7 Å². The maximum absolute atomic E-state index is 11.9. The first kappa shape index (κ1) is 13.4. The Morgan fingerprint density at radius 3 is 2.68 bits per heavy atom. The van der Waals surface area contributed by atoms with Crippen LogP contribution in [0.2, 0.25) is 0 Å². The summed E-state index contributed by atoms with van der Waals surface area (Å²) in [4.78, 5) is 11.9. The molecule has 0 bridgehead atoms. The SMILES string of the molecule is CCC[C@H](C)NC(=O)Nc1cccc2ccccc12. The first-order valence-electron chi connectivity index (χ1n) is 6.76. The maximum atomic E-state index is 11.9. The summed E-state index contributed by atoms with van der Waals surface area (Å²) in [7, 11) is 0. The van der Waals surface area contributed by atoms with Gasteiger partial charge in [-0.3, -0.25) is 0 Å². The van der Waals surface area contributed by atoms with E-state index >= 15 is 0 Å². The first-order chi connectivity index (χ1) is 9.20. The molecule has 0 saturated heterocycles. The first-order valence-corrected chi connectivity index (χ1v) is 6.76. The van der Waals surface area contributed by atoms with Gasteiger partial charge < -0.3 is 10.6 Å². The van der Waals surface area contributed by atoms with E-state index in [0.717, 1.165) is 29.3 Å². The molecule has 100 valence electrons. The topological polar surface area (TPSA) is 41.1 Å². The van der Waals surface area contributed by atoms with Gasteiger partial charge in [0.1, 0.15) is 0 Å². The van der Waals surface area contributed by atoms with Crippen molar-refractivity contribution in [2.75, 3.05) is 5.32 Å². The zero-order valence-corrected chi connectivity index (χ0v) is 11.4. The Bertz CT molecular complexity index is 560. The van der Waals surface area contributed by atoms with Crippen LogP contribution in [-0.4, -0.2) is 12.1 Å². The van der Waals surface area contributed by atoms with Gasteiger partial charge in [-0.25, -0.2) is 4.79 Å². The predicted molar refractivity (Wildman–Crippen MR) is 80.5 cm³/mol. The summed E-state index contributed by atoms with van der Waals surface area (Å²) in [6, 6.07) is 14.0. The van der Waals surface area contributed by atoms with E-state index in [9.17, 15) is 4.79 Å². The second kappa shape index (κ2) is 6.23. The molecule has 0 spiro atoms. The molecule has 0 aromatic heterocycles. The highest BCUT2D eigenvalue weighted by Crippen LogP contribution is 2.22. The lowest BCUT2D eigenvalue weighted by Crippen LogP contribution is -2.35. The molecule has 3 heteroatoms. The molecular formula is C16H20N2O. The molecule has 0 saturated carbocycles. The average Bonchev–Trinajstić information content (AvgIpc) is 2.39. The van der Waals surface area contributed by atoms with Crippen LogP contribution in [0.1, 0.15) is 26.7 Å². The van der Waals surface area contributed by atoms with E-state index in [4.69, 9.17) is 0 Å². The molecule has 2 amide bonds. The third-order valence-corrected chi connectivity index (χ3v) is 3.14. The molecule has 2 aromatic carbocycles. The van der Waals surface area contributed by atoms with E-state index in [-0.39, 0.29) is 12.1 Å². The molecular weight excluding hydrogens is 236 g/mol. The highest BCUT2D eigenvalue weighted by atomic mass is 16.2. The van der Waals surface area contributed by atoms with Crippen LogP contribution in [0.15, 0.2) is 42.5 Å².